The summed E-state index contributed by atoms with van der Waals surface area (Å²) in [5, 5.41) is 13.9. The number of phenolic OH excluding ortho intramolecular Hbond substituents is 1. The number of rotatable bonds is 3. The summed E-state index contributed by atoms with van der Waals surface area (Å²) < 4.78 is 0. The van der Waals surface area contributed by atoms with Gasteiger partial charge in [0, 0.05) is 13.6 Å². The summed E-state index contributed by atoms with van der Waals surface area (Å²) in [7, 11) is 1.74. The van der Waals surface area contributed by atoms with Gasteiger partial charge in [0.2, 0.25) is 0 Å². The van der Waals surface area contributed by atoms with Crippen molar-refractivity contribution in [1.82, 2.24) is 4.90 Å². The Bertz CT molecular complexity index is 549. The zero-order valence-corrected chi connectivity index (χ0v) is 11.2. The van der Waals surface area contributed by atoms with E-state index in [1.54, 1.807) is 48.4 Å². The highest BCUT2D eigenvalue weighted by molar-refractivity contribution is 7.07. The first-order valence-corrected chi connectivity index (χ1v) is 6.59. The lowest BCUT2D eigenvalue weighted by molar-refractivity contribution is 0.0782. The summed E-state index contributed by atoms with van der Waals surface area (Å²) in [5.74, 6) is -0.0953. The second-order valence-corrected chi connectivity index (χ2v) is 5.04. The Labute approximate surface area is 110 Å². The van der Waals surface area contributed by atoms with Crippen LogP contribution in [0.25, 0.3) is 0 Å². The van der Waals surface area contributed by atoms with E-state index in [-0.39, 0.29) is 11.7 Å². The van der Waals surface area contributed by atoms with E-state index >= 15 is 0 Å². The van der Waals surface area contributed by atoms with E-state index in [9.17, 15) is 9.90 Å². The third-order valence-corrected chi connectivity index (χ3v) is 3.55. The lowest BCUT2D eigenvalue weighted by Gasteiger charge is -2.17. The van der Waals surface area contributed by atoms with Gasteiger partial charge in [-0.25, -0.2) is 0 Å². The molecule has 0 radical (unpaired) electrons. The largest absolute Gasteiger partial charge is 0.507 e. The van der Waals surface area contributed by atoms with Crippen LogP contribution < -0.4 is 0 Å². The molecule has 2 aromatic rings. The van der Waals surface area contributed by atoms with Crippen LogP contribution in [0.2, 0.25) is 0 Å². The zero-order chi connectivity index (χ0) is 13.1. The summed E-state index contributed by atoms with van der Waals surface area (Å²) in [6.45, 7) is 2.33. The van der Waals surface area contributed by atoms with Crippen LogP contribution in [-0.2, 0) is 6.54 Å². The van der Waals surface area contributed by atoms with Crippen LogP contribution in [0.15, 0.2) is 35.0 Å². The molecule has 1 aromatic heterocycles. The Morgan fingerprint density at radius 3 is 2.83 bits per heavy atom. The highest BCUT2D eigenvalue weighted by atomic mass is 32.1. The highest BCUT2D eigenvalue weighted by Gasteiger charge is 2.16. The molecule has 0 bridgehead atoms. The second kappa shape index (κ2) is 5.23. The molecule has 0 saturated heterocycles. The Morgan fingerprint density at radius 2 is 2.17 bits per heavy atom. The summed E-state index contributed by atoms with van der Waals surface area (Å²) >= 11 is 1.61. The fourth-order valence-electron chi connectivity index (χ4n) is 1.77. The number of carbonyl (C=O) groups is 1. The van der Waals surface area contributed by atoms with Crippen molar-refractivity contribution in [2.75, 3.05) is 7.05 Å². The van der Waals surface area contributed by atoms with Crippen LogP contribution in [0.1, 0.15) is 21.5 Å². The fraction of sp³-hybridized carbons (Fsp3) is 0.214. The van der Waals surface area contributed by atoms with Gasteiger partial charge in [-0.3, -0.25) is 4.79 Å². The summed E-state index contributed by atoms with van der Waals surface area (Å²) in [6.07, 6.45) is 0. The molecule has 0 aliphatic carbocycles. The van der Waals surface area contributed by atoms with Gasteiger partial charge in [0.1, 0.15) is 5.75 Å². The maximum absolute atomic E-state index is 12.2. The number of aryl methyl sites for hydroxylation is 1. The molecule has 1 heterocycles. The molecule has 3 nitrogen and oxygen atoms in total. The maximum atomic E-state index is 12.2. The highest BCUT2D eigenvalue weighted by Crippen LogP contribution is 2.23. The van der Waals surface area contributed by atoms with Gasteiger partial charge in [0.15, 0.2) is 0 Å². The van der Waals surface area contributed by atoms with Crippen molar-refractivity contribution < 1.29 is 9.90 Å². The van der Waals surface area contributed by atoms with Crippen LogP contribution in [-0.4, -0.2) is 23.0 Å². The average molecular weight is 261 g/mol. The molecular formula is C14H15NO2S. The molecule has 4 heteroatoms. The molecule has 0 spiro atoms. The molecule has 0 saturated carbocycles. The molecule has 1 amide bonds. The topological polar surface area (TPSA) is 40.5 Å². The lowest BCUT2D eigenvalue weighted by atomic mass is 10.1. The van der Waals surface area contributed by atoms with Crippen LogP contribution in [0.5, 0.6) is 5.75 Å². The summed E-state index contributed by atoms with van der Waals surface area (Å²) in [5.41, 5.74) is 2.17. The number of hydrogen-bond donors (Lipinski definition) is 1. The number of phenols is 1. The van der Waals surface area contributed by atoms with E-state index in [1.807, 2.05) is 16.8 Å². The van der Waals surface area contributed by atoms with Crippen molar-refractivity contribution >= 4 is 17.2 Å². The quantitative estimate of drug-likeness (QED) is 0.922. The van der Waals surface area contributed by atoms with Crippen molar-refractivity contribution in [3.8, 4) is 5.75 Å². The van der Waals surface area contributed by atoms with Gasteiger partial charge in [-0.2, -0.15) is 11.3 Å². The number of para-hydroxylation sites is 1. The summed E-state index contributed by atoms with van der Waals surface area (Å²) in [4.78, 5) is 13.8. The van der Waals surface area contributed by atoms with Gasteiger partial charge in [-0.1, -0.05) is 12.1 Å². The van der Waals surface area contributed by atoms with Gasteiger partial charge >= 0.3 is 0 Å². The van der Waals surface area contributed by atoms with Gasteiger partial charge in [-0.05, 0) is 40.9 Å². The second-order valence-electron chi connectivity index (χ2n) is 4.26. The van der Waals surface area contributed by atoms with Crippen molar-refractivity contribution in [1.29, 1.82) is 0 Å². The van der Waals surface area contributed by atoms with E-state index in [0.717, 1.165) is 5.56 Å². The van der Waals surface area contributed by atoms with Crippen molar-refractivity contribution in [3.05, 3.63) is 51.7 Å². The molecular weight excluding hydrogens is 246 g/mol. The Balaban J connectivity index is 2.18. The van der Waals surface area contributed by atoms with Crippen molar-refractivity contribution in [2.45, 2.75) is 13.5 Å². The average Bonchev–Trinajstić information content (AvgIpc) is 2.84. The first-order chi connectivity index (χ1) is 8.59. The van der Waals surface area contributed by atoms with E-state index in [2.05, 4.69) is 0 Å². The molecule has 18 heavy (non-hydrogen) atoms. The third-order valence-electron chi connectivity index (χ3n) is 2.81. The van der Waals surface area contributed by atoms with Crippen LogP contribution in [0, 0.1) is 6.92 Å². The number of carbonyl (C=O) groups excluding carboxylic acids is 1. The smallest absolute Gasteiger partial charge is 0.257 e. The normalized spacial score (nSPS) is 10.3. The number of hydrogen-bond acceptors (Lipinski definition) is 3. The standard InChI is InChI=1S/C14H15NO2S/c1-10-4-3-5-12(13(10)16)14(17)15(2)8-11-6-7-18-9-11/h3-7,9,16H,8H2,1-2H3. The van der Waals surface area contributed by atoms with E-state index in [0.29, 0.717) is 17.7 Å². The molecule has 0 aliphatic heterocycles. The first-order valence-electron chi connectivity index (χ1n) is 5.64. The molecule has 0 aliphatic rings. The number of benzene rings is 1. The Morgan fingerprint density at radius 1 is 1.39 bits per heavy atom. The Hall–Kier alpha value is -1.81. The van der Waals surface area contributed by atoms with Gasteiger partial charge in [0.05, 0.1) is 5.56 Å². The third kappa shape index (κ3) is 2.54. The number of nitrogens with zero attached hydrogens (tertiary/aromatic N) is 1. The van der Waals surface area contributed by atoms with Crippen LogP contribution >= 0.6 is 11.3 Å². The van der Waals surface area contributed by atoms with Gasteiger partial charge in [0.25, 0.3) is 5.91 Å². The molecule has 1 aromatic carbocycles. The van der Waals surface area contributed by atoms with Gasteiger partial charge < -0.3 is 10.0 Å². The number of amides is 1. The predicted molar refractivity (Wildman–Crippen MR) is 73.0 cm³/mol. The van der Waals surface area contributed by atoms with E-state index in [1.165, 1.54) is 0 Å². The summed E-state index contributed by atoms with van der Waals surface area (Å²) in [6, 6.07) is 7.20. The van der Waals surface area contributed by atoms with Crippen molar-refractivity contribution in [2.24, 2.45) is 0 Å². The molecule has 0 unspecified atom stereocenters. The SMILES string of the molecule is Cc1cccc(C(=O)N(C)Cc2ccsc2)c1O. The van der Waals surface area contributed by atoms with E-state index < -0.39 is 0 Å². The minimum atomic E-state index is -0.164. The molecule has 0 fully saturated rings. The van der Waals surface area contributed by atoms with Gasteiger partial charge in [-0.15, -0.1) is 0 Å². The van der Waals surface area contributed by atoms with Crippen LogP contribution in [0.3, 0.4) is 0 Å². The molecule has 0 atom stereocenters. The monoisotopic (exact) mass is 261 g/mol. The Kier molecular flexibility index (Phi) is 3.67. The first kappa shape index (κ1) is 12.6. The molecule has 94 valence electrons. The number of thiophene rings is 1. The minimum Gasteiger partial charge on any atom is -0.507 e. The molecule has 1 N–H and O–H groups in total. The van der Waals surface area contributed by atoms with E-state index in [4.69, 9.17) is 0 Å². The fourth-order valence-corrected chi connectivity index (χ4v) is 2.43. The number of aromatic hydroxyl groups is 1. The maximum Gasteiger partial charge on any atom is 0.257 e. The van der Waals surface area contributed by atoms with Crippen LogP contribution in [0.4, 0.5) is 0 Å². The predicted octanol–water partition coefficient (Wildman–Crippen LogP) is 3.03. The lowest BCUT2D eigenvalue weighted by Crippen LogP contribution is -2.26. The van der Waals surface area contributed by atoms with Crippen molar-refractivity contribution in [3.63, 3.8) is 0 Å². The molecule has 2 rings (SSSR count). The zero-order valence-electron chi connectivity index (χ0n) is 10.4. The minimum absolute atomic E-state index is 0.0691.